The van der Waals surface area contributed by atoms with Crippen molar-refractivity contribution < 1.29 is 0 Å². The Morgan fingerprint density at radius 2 is 0.848 bits per heavy atom. The first-order chi connectivity index (χ1) is 22.8. The first kappa shape index (κ1) is 25.2. The van der Waals surface area contributed by atoms with Crippen molar-refractivity contribution in [3.05, 3.63) is 164 Å². The zero-order valence-electron chi connectivity index (χ0n) is 24.9. The highest BCUT2D eigenvalue weighted by Gasteiger charge is 2.18. The highest BCUT2D eigenvalue weighted by atomic mass is 15.1. The Morgan fingerprint density at radius 1 is 0.326 bits per heavy atom. The molecule has 2 aromatic heterocycles. The zero-order chi connectivity index (χ0) is 30.2. The predicted octanol–water partition coefficient (Wildman–Crippen LogP) is 11.2. The Balaban J connectivity index is 1.22. The number of para-hydroxylation sites is 4. The predicted molar refractivity (Wildman–Crippen MR) is 193 cm³/mol. The Labute approximate surface area is 265 Å². The van der Waals surface area contributed by atoms with Crippen molar-refractivity contribution >= 4 is 65.2 Å². The molecule has 0 atom stereocenters. The fourth-order valence-electron chi connectivity index (χ4n) is 7.46. The van der Waals surface area contributed by atoms with Gasteiger partial charge in [-0.15, -0.1) is 0 Å². The Morgan fingerprint density at radius 3 is 1.54 bits per heavy atom. The van der Waals surface area contributed by atoms with Crippen LogP contribution in [0.25, 0.3) is 87.9 Å². The van der Waals surface area contributed by atoms with Crippen molar-refractivity contribution in [1.82, 2.24) is 14.1 Å². The second-order valence-corrected chi connectivity index (χ2v) is 12.0. The van der Waals surface area contributed by atoms with E-state index in [0.29, 0.717) is 0 Å². The highest BCUT2D eigenvalue weighted by molar-refractivity contribution is 6.28. The molecule has 0 fully saturated rings. The van der Waals surface area contributed by atoms with Gasteiger partial charge in [-0.2, -0.15) is 0 Å². The molecule has 0 unspecified atom stereocenters. The van der Waals surface area contributed by atoms with E-state index in [2.05, 4.69) is 173 Å². The summed E-state index contributed by atoms with van der Waals surface area (Å²) in [4.78, 5) is 5.10. The summed E-state index contributed by atoms with van der Waals surface area (Å²) in [5, 5.41) is 10.2. The molecule has 3 heteroatoms. The maximum atomic E-state index is 5.10. The van der Waals surface area contributed by atoms with E-state index in [4.69, 9.17) is 4.98 Å². The van der Waals surface area contributed by atoms with Crippen LogP contribution in [-0.2, 0) is 0 Å². The molecule has 46 heavy (non-hydrogen) atoms. The molecule has 10 aromatic rings. The van der Waals surface area contributed by atoms with Crippen molar-refractivity contribution in [2.45, 2.75) is 0 Å². The molecule has 214 valence electrons. The molecule has 8 aromatic carbocycles. The van der Waals surface area contributed by atoms with E-state index in [0.717, 1.165) is 33.8 Å². The minimum absolute atomic E-state index is 0.936. The number of rotatable bonds is 3. The van der Waals surface area contributed by atoms with Crippen molar-refractivity contribution in [3.8, 4) is 22.8 Å². The van der Waals surface area contributed by atoms with Crippen LogP contribution in [0.4, 0.5) is 0 Å². The van der Waals surface area contributed by atoms with Crippen LogP contribution in [-0.4, -0.2) is 14.1 Å². The largest absolute Gasteiger partial charge is 0.309 e. The van der Waals surface area contributed by atoms with E-state index in [-0.39, 0.29) is 0 Å². The van der Waals surface area contributed by atoms with Crippen molar-refractivity contribution in [3.63, 3.8) is 0 Å². The number of benzene rings is 8. The topological polar surface area (TPSA) is 22.8 Å². The van der Waals surface area contributed by atoms with Crippen LogP contribution in [0.1, 0.15) is 0 Å². The molecule has 0 saturated carbocycles. The molecule has 0 spiro atoms. The van der Waals surface area contributed by atoms with Crippen LogP contribution in [0.2, 0.25) is 0 Å². The van der Waals surface area contributed by atoms with Gasteiger partial charge in [0.1, 0.15) is 5.82 Å². The van der Waals surface area contributed by atoms with E-state index in [9.17, 15) is 0 Å². The molecule has 0 N–H and O–H groups in total. The van der Waals surface area contributed by atoms with E-state index < -0.39 is 0 Å². The van der Waals surface area contributed by atoms with Crippen LogP contribution < -0.4 is 0 Å². The summed E-state index contributed by atoms with van der Waals surface area (Å²) in [5.41, 5.74) is 7.80. The van der Waals surface area contributed by atoms with Crippen LogP contribution in [0.3, 0.4) is 0 Å². The van der Waals surface area contributed by atoms with Gasteiger partial charge in [-0.1, -0.05) is 97.1 Å². The fraction of sp³-hybridized carbons (Fsp3) is 0. The normalized spacial score (nSPS) is 11.9. The summed E-state index contributed by atoms with van der Waals surface area (Å²) >= 11 is 0. The lowest BCUT2D eigenvalue weighted by molar-refractivity contribution is 1.10. The van der Waals surface area contributed by atoms with Crippen LogP contribution >= 0.6 is 0 Å². The average Bonchev–Trinajstić information content (AvgIpc) is 3.67. The summed E-state index contributed by atoms with van der Waals surface area (Å²) in [6.45, 7) is 0. The first-order valence-electron chi connectivity index (χ1n) is 15.7. The standard InChI is InChI=1S/C43H27N3/c1-2-12-29(13-3-1)46-41-21-11-9-19-39(41)44-43(46)28-22-24-30(25-23-28)45-40-20-10-8-18-35(40)38-26-36-33-16-6-4-14-31(33)32-15-5-7-17-34(32)37(36)27-42(38)45/h1-27H. The first-order valence-corrected chi connectivity index (χ1v) is 15.7. The summed E-state index contributed by atoms with van der Waals surface area (Å²) in [6, 6.07) is 58.9. The summed E-state index contributed by atoms with van der Waals surface area (Å²) < 4.78 is 4.67. The van der Waals surface area contributed by atoms with Gasteiger partial charge in [-0.05, 0) is 99.0 Å². The number of nitrogens with zero attached hydrogens (tertiary/aromatic N) is 3. The maximum Gasteiger partial charge on any atom is 0.145 e. The zero-order valence-corrected chi connectivity index (χ0v) is 24.9. The minimum Gasteiger partial charge on any atom is -0.309 e. The van der Waals surface area contributed by atoms with Gasteiger partial charge in [0.05, 0.1) is 22.1 Å². The number of hydrogen-bond donors (Lipinski definition) is 0. The van der Waals surface area contributed by atoms with E-state index in [1.807, 2.05) is 0 Å². The molecular formula is C43H27N3. The van der Waals surface area contributed by atoms with E-state index in [1.54, 1.807) is 0 Å². The lowest BCUT2D eigenvalue weighted by Crippen LogP contribution is -1.98. The van der Waals surface area contributed by atoms with Gasteiger partial charge < -0.3 is 4.57 Å². The fourth-order valence-corrected chi connectivity index (χ4v) is 7.46. The van der Waals surface area contributed by atoms with Gasteiger partial charge in [0.15, 0.2) is 0 Å². The van der Waals surface area contributed by atoms with Gasteiger partial charge in [0.25, 0.3) is 0 Å². The summed E-state index contributed by atoms with van der Waals surface area (Å²) in [6.07, 6.45) is 0. The second-order valence-electron chi connectivity index (χ2n) is 12.0. The van der Waals surface area contributed by atoms with E-state index >= 15 is 0 Å². The summed E-state index contributed by atoms with van der Waals surface area (Å²) in [5.74, 6) is 0.936. The minimum atomic E-state index is 0.936. The van der Waals surface area contributed by atoms with Gasteiger partial charge in [0.2, 0.25) is 0 Å². The lowest BCUT2D eigenvalue weighted by atomic mass is 9.93. The smallest absolute Gasteiger partial charge is 0.145 e. The monoisotopic (exact) mass is 585 g/mol. The molecular weight excluding hydrogens is 558 g/mol. The van der Waals surface area contributed by atoms with E-state index in [1.165, 1.54) is 54.1 Å². The van der Waals surface area contributed by atoms with Crippen LogP contribution in [0.15, 0.2) is 164 Å². The molecule has 10 rings (SSSR count). The van der Waals surface area contributed by atoms with Crippen molar-refractivity contribution in [2.24, 2.45) is 0 Å². The van der Waals surface area contributed by atoms with Crippen LogP contribution in [0.5, 0.6) is 0 Å². The number of imidazole rings is 1. The Hall–Kier alpha value is -6.19. The van der Waals surface area contributed by atoms with Gasteiger partial charge in [-0.25, -0.2) is 4.98 Å². The third-order valence-corrected chi connectivity index (χ3v) is 9.50. The number of fused-ring (bicyclic) bond motifs is 10. The SMILES string of the molecule is c1ccc(-n2c(-c3ccc(-n4c5ccccc5c5cc6c7ccccc7c7ccccc7c6cc54)cc3)nc3ccccc32)cc1. The third kappa shape index (κ3) is 3.57. The van der Waals surface area contributed by atoms with Crippen LogP contribution in [0, 0.1) is 0 Å². The van der Waals surface area contributed by atoms with Gasteiger partial charge in [0, 0.05) is 27.7 Å². The second kappa shape index (κ2) is 9.65. The molecule has 0 aliphatic carbocycles. The molecule has 0 saturated heterocycles. The highest BCUT2D eigenvalue weighted by Crippen LogP contribution is 2.41. The molecule has 0 bridgehead atoms. The van der Waals surface area contributed by atoms with Gasteiger partial charge >= 0.3 is 0 Å². The third-order valence-electron chi connectivity index (χ3n) is 9.50. The molecule has 0 amide bonds. The van der Waals surface area contributed by atoms with Crippen molar-refractivity contribution in [2.75, 3.05) is 0 Å². The maximum absolute atomic E-state index is 5.10. The van der Waals surface area contributed by atoms with Crippen molar-refractivity contribution in [1.29, 1.82) is 0 Å². The summed E-state index contributed by atoms with van der Waals surface area (Å²) in [7, 11) is 0. The quantitative estimate of drug-likeness (QED) is 0.189. The average molecular weight is 586 g/mol. The lowest BCUT2D eigenvalue weighted by Gasteiger charge is -2.13. The Kier molecular flexibility index (Phi) is 5.28. The molecule has 0 radical (unpaired) electrons. The molecule has 3 nitrogen and oxygen atoms in total. The molecule has 0 aliphatic heterocycles. The Bertz CT molecular complexity index is 2780. The molecule has 0 aliphatic rings. The number of aromatic nitrogens is 3. The number of hydrogen-bond acceptors (Lipinski definition) is 1. The van der Waals surface area contributed by atoms with Gasteiger partial charge in [-0.3, -0.25) is 4.57 Å². The molecule has 2 heterocycles.